The molecule has 0 amide bonds. The Bertz CT molecular complexity index is 827. The molecule has 0 spiro atoms. The van der Waals surface area contributed by atoms with Gasteiger partial charge in [0.25, 0.3) is 0 Å². The van der Waals surface area contributed by atoms with Gasteiger partial charge in [-0.3, -0.25) is 0 Å². The first-order valence-electron chi connectivity index (χ1n) is 7.96. The number of rotatable bonds is 3. The number of sulfonamides is 1. The van der Waals surface area contributed by atoms with Crippen molar-refractivity contribution in [3.05, 3.63) is 57.2 Å². The summed E-state index contributed by atoms with van der Waals surface area (Å²) in [5.74, 6) is 0. The highest BCUT2D eigenvalue weighted by molar-refractivity contribution is 14.1. The fourth-order valence-electron chi connectivity index (χ4n) is 2.86. The molecule has 128 valence electrons. The van der Waals surface area contributed by atoms with Crippen molar-refractivity contribution in [3.63, 3.8) is 0 Å². The highest BCUT2D eigenvalue weighted by Crippen LogP contribution is 2.23. The van der Waals surface area contributed by atoms with Gasteiger partial charge in [-0.2, -0.15) is 4.31 Å². The Hall–Kier alpha value is -1.12. The van der Waals surface area contributed by atoms with Crippen LogP contribution in [-0.4, -0.2) is 38.9 Å². The van der Waals surface area contributed by atoms with E-state index in [0.717, 1.165) is 3.57 Å². The molecule has 2 aromatic carbocycles. The van der Waals surface area contributed by atoms with E-state index in [2.05, 4.69) is 59.5 Å². The van der Waals surface area contributed by atoms with Crippen molar-refractivity contribution in [2.75, 3.05) is 31.1 Å². The van der Waals surface area contributed by atoms with Gasteiger partial charge in [0.05, 0.1) is 4.90 Å². The number of piperazine rings is 1. The zero-order chi connectivity index (χ0) is 17.3. The van der Waals surface area contributed by atoms with E-state index in [1.807, 2.05) is 12.1 Å². The van der Waals surface area contributed by atoms with Crippen LogP contribution in [0.1, 0.15) is 11.1 Å². The molecule has 3 rings (SSSR count). The number of halogens is 1. The molecule has 4 nitrogen and oxygen atoms in total. The lowest BCUT2D eigenvalue weighted by Gasteiger charge is -2.35. The molecule has 2 aromatic rings. The molecule has 1 aliphatic heterocycles. The van der Waals surface area contributed by atoms with Gasteiger partial charge < -0.3 is 4.90 Å². The lowest BCUT2D eigenvalue weighted by Crippen LogP contribution is -2.48. The Morgan fingerprint density at radius 3 is 2.08 bits per heavy atom. The smallest absolute Gasteiger partial charge is 0.243 e. The lowest BCUT2D eigenvalue weighted by molar-refractivity contribution is 0.385. The third-order valence-corrected chi connectivity index (χ3v) is 7.18. The summed E-state index contributed by atoms with van der Waals surface area (Å²) in [4.78, 5) is 2.63. The second kappa shape index (κ2) is 7.01. The van der Waals surface area contributed by atoms with Crippen LogP contribution in [0.4, 0.5) is 5.69 Å². The Labute approximate surface area is 157 Å². The maximum Gasteiger partial charge on any atom is 0.243 e. The molecule has 1 heterocycles. The number of aryl methyl sites for hydroxylation is 2. The van der Waals surface area contributed by atoms with E-state index >= 15 is 0 Å². The molecule has 0 aliphatic carbocycles. The van der Waals surface area contributed by atoms with Crippen LogP contribution in [0.5, 0.6) is 0 Å². The van der Waals surface area contributed by atoms with Crippen LogP contribution >= 0.6 is 22.6 Å². The predicted molar refractivity (Wildman–Crippen MR) is 106 cm³/mol. The molecule has 1 aliphatic rings. The first kappa shape index (κ1) is 17.7. The summed E-state index contributed by atoms with van der Waals surface area (Å²) in [6, 6.07) is 13.5. The summed E-state index contributed by atoms with van der Waals surface area (Å²) in [5, 5.41) is 0. The van der Waals surface area contributed by atoms with Gasteiger partial charge in [-0.25, -0.2) is 8.42 Å². The van der Waals surface area contributed by atoms with E-state index < -0.39 is 10.0 Å². The predicted octanol–water partition coefficient (Wildman–Crippen LogP) is 3.42. The monoisotopic (exact) mass is 456 g/mol. The minimum absolute atomic E-state index is 0.377. The number of nitrogens with zero attached hydrogens (tertiary/aromatic N) is 2. The van der Waals surface area contributed by atoms with E-state index in [-0.39, 0.29) is 0 Å². The minimum atomic E-state index is -3.40. The molecule has 0 atom stereocenters. The van der Waals surface area contributed by atoms with Crippen molar-refractivity contribution >= 4 is 38.3 Å². The van der Waals surface area contributed by atoms with E-state index in [4.69, 9.17) is 0 Å². The van der Waals surface area contributed by atoms with Crippen LogP contribution in [0, 0.1) is 17.4 Å². The molecule has 0 bridgehead atoms. The maximum absolute atomic E-state index is 12.7. The lowest BCUT2D eigenvalue weighted by atomic mass is 10.1. The normalized spacial score (nSPS) is 16.4. The highest BCUT2D eigenvalue weighted by Gasteiger charge is 2.28. The van der Waals surface area contributed by atoms with Gasteiger partial charge >= 0.3 is 0 Å². The Balaban J connectivity index is 1.72. The van der Waals surface area contributed by atoms with E-state index in [1.54, 1.807) is 16.4 Å². The first-order valence-corrected chi connectivity index (χ1v) is 10.5. The van der Waals surface area contributed by atoms with Crippen molar-refractivity contribution in [1.82, 2.24) is 4.31 Å². The standard InChI is InChI=1S/C18H21IN2O2S/c1-14-3-6-17(13-15(14)2)20-9-11-21(12-10-20)24(22,23)18-7-4-16(19)5-8-18/h3-8,13H,9-12H2,1-2H3. The second-order valence-electron chi connectivity index (χ2n) is 6.11. The largest absolute Gasteiger partial charge is 0.369 e. The molecular formula is C18H21IN2O2S. The minimum Gasteiger partial charge on any atom is -0.369 e. The number of anilines is 1. The summed E-state index contributed by atoms with van der Waals surface area (Å²) >= 11 is 2.18. The van der Waals surface area contributed by atoms with E-state index in [9.17, 15) is 8.42 Å². The van der Waals surface area contributed by atoms with Crippen LogP contribution in [-0.2, 0) is 10.0 Å². The van der Waals surface area contributed by atoms with Crippen molar-refractivity contribution in [1.29, 1.82) is 0 Å². The van der Waals surface area contributed by atoms with Crippen LogP contribution in [0.25, 0.3) is 0 Å². The molecular weight excluding hydrogens is 435 g/mol. The molecule has 1 saturated heterocycles. The van der Waals surface area contributed by atoms with Crippen molar-refractivity contribution < 1.29 is 8.42 Å². The molecule has 1 fully saturated rings. The first-order chi connectivity index (χ1) is 11.4. The van der Waals surface area contributed by atoms with Gasteiger partial charge in [0, 0.05) is 35.4 Å². The molecule has 6 heteroatoms. The summed E-state index contributed by atoms with van der Waals surface area (Å²) in [5.41, 5.74) is 3.71. The molecule has 0 unspecified atom stereocenters. The van der Waals surface area contributed by atoms with E-state index in [0.29, 0.717) is 31.1 Å². The molecule has 24 heavy (non-hydrogen) atoms. The second-order valence-corrected chi connectivity index (χ2v) is 9.30. The van der Waals surface area contributed by atoms with Crippen LogP contribution in [0.15, 0.2) is 47.4 Å². The van der Waals surface area contributed by atoms with Crippen LogP contribution in [0.2, 0.25) is 0 Å². The molecule has 0 saturated carbocycles. The summed E-state index contributed by atoms with van der Waals surface area (Å²) in [6.07, 6.45) is 0. The summed E-state index contributed by atoms with van der Waals surface area (Å²) in [6.45, 7) is 6.67. The van der Waals surface area contributed by atoms with Crippen LogP contribution in [0.3, 0.4) is 0 Å². The number of hydrogen-bond acceptors (Lipinski definition) is 3. The molecule has 0 aromatic heterocycles. The van der Waals surface area contributed by atoms with E-state index in [1.165, 1.54) is 16.8 Å². The summed E-state index contributed by atoms with van der Waals surface area (Å²) in [7, 11) is -3.40. The van der Waals surface area contributed by atoms with Gasteiger partial charge in [0.2, 0.25) is 10.0 Å². The van der Waals surface area contributed by atoms with Gasteiger partial charge in [-0.15, -0.1) is 0 Å². The summed E-state index contributed by atoms with van der Waals surface area (Å²) < 4.78 is 28.1. The van der Waals surface area contributed by atoms with Gasteiger partial charge in [-0.1, -0.05) is 6.07 Å². The van der Waals surface area contributed by atoms with Crippen molar-refractivity contribution in [3.8, 4) is 0 Å². The molecule has 0 radical (unpaired) electrons. The third-order valence-electron chi connectivity index (χ3n) is 4.55. The highest BCUT2D eigenvalue weighted by atomic mass is 127. The van der Waals surface area contributed by atoms with Gasteiger partial charge in [0.1, 0.15) is 0 Å². The van der Waals surface area contributed by atoms with Crippen LogP contribution < -0.4 is 4.90 Å². The number of benzene rings is 2. The maximum atomic E-state index is 12.7. The topological polar surface area (TPSA) is 40.6 Å². The van der Waals surface area contributed by atoms with Gasteiger partial charge in [-0.05, 0) is 84.0 Å². The van der Waals surface area contributed by atoms with Crippen molar-refractivity contribution in [2.24, 2.45) is 0 Å². The van der Waals surface area contributed by atoms with Gasteiger partial charge in [0.15, 0.2) is 0 Å². The quantitative estimate of drug-likeness (QED) is 0.665. The third kappa shape index (κ3) is 3.60. The Kier molecular flexibility index (Phi) is 5.17. The SMILES string of the molecule is Cc1ccc(N2CCN(S(=O)(=O)c3ccc(I)cc3)CC2)cc1C. The van der Waals surface area contributed by atoms with Crippen molar-refractivity contribution in [2.45, 2.75) is 18.7 Å². The Morgan fingerprint density at radius 2 is 1.50 bits per heavy atom. The zero-order valence-electron chi connectivity index (χ0n) is 13.9. The molecule has 0 N–H and O–H groups in total. The fraction of sp³-hybridized carbons (Fsp3) is 0.333. The zero-order valence-corrected chi connectivity index (χ0v) is 16.8. The number of hydrogen-bond donors (Lipinski definition) is 0. The Morgan fingerprint density at radius 1 is 0.875 bits per heavy atom. The average Bonchev–Trinajstić information content (AvgIpc) is 2.58. The fourth-order valence-corrected chi connectivity index (χ4v) is 4.65. The average molecular weight is 456 g/mol.